The number of halogens is 1. The third kappa shape index (κ3) is 3.56. The van der Waals surface area contributed by atoms with Crippen molar-refractivity contribution in [3.05, 3.63) is 52.8 Å². The highest BCUT2D eigenvalue weighted by Gasteiger charge is 2.61. The smallest absolute Gasteiger partial charge is 0.410 e. The molecule has 10 nitrogen and oxygen atoms in total. The molecule has 7 rings (SSSR count). The Morgan fingerprint density at radius 1 is 1.10 bits per heavy atom. The number of fused-ring (bicyclic) bond motifs is 3. The molecule has 2 aliphatic carbocycles. The minimum atomic E-state index is -0.851. The molecule has 3 aliphatic heterocycles. The lowest BCUT2D eigenvalue weighted by Gasteiger charge is -2.35. The third-order valence-electron chi connectivity index (χ3n) is 9.00. The molecule has 2 aromatic rings. The van der Waals surface area contributed by atoms with Gasteiger partial charge in [-0.2, -0.15) is 0 Å². The number of benzene rings is 2. The summed E-state index contributed by atoms with van der Waals surface area (Å²) in [6.07, 6.45) is 3.83. The van der Waals surface area contributed by atoms with Crippen LogP contribution in [0.3, 0.4) is 0 Å². The molecule has 11 heteroatoms. The molecule has 0 radical (unpaired) electrons. The van der Waals surface area contributed by atoms with E-state index in [0.29, 0.717) is 29.7 Å². The average molecular weight is 547 g/mol. The van der Waals surface area contributed by atoms with E-state index in [0.717, 1.165) is 29.7 Å². The van der Waals surface area contributed by atoms with Crippen molar-refractivity contribution in [2.75, 3.05) is 16.8 Å². The van der Waals surface area contributed by atoms with E-state index in [4.69, 9.17) is 4.74 Å². The fourth-order valence-corrected chi connectivity index (χ4v) is 6.33. The van der Waals surface area contributed by atoms with Gasteiger partial charge in [0.25, 0.3) is 5.91 Å². The van der Waals surface area contributed by atoms with Gasteiger partial charge in [0, 0.05) is 37.7 Å². The van der Waals surface area contributed by atoms with E-state index < -0.39 is 35.2 Å². The summed E-state index contributed by atoms with van der Waals surface area (Å²) >= 11 is 0. The van der Waals surface area contributed by atoms with Gasteiger partial charge in [0.1, 0.15) is 17.6 Å². The molecule has 3 heterocycles. The second kappa shape index (κ2) is 8.61. The van der Waals surface area contributed by atoms with Crippen LogP contribution in [0, 0.1) is 5.82 Å². The molecule has 40 heavy (non-hydrogen) atoms. The lowest BCUT2D eigenvalue weighted by Crippen LogP contribution is -2.52. The number of carbonyl (C=O) groups is 5. The van der Waals surface area contributed by atoms with E-state index in [2.05, 4.69) is 5.32 Å². The summed E-state index contributed by atoms with van der Waals surface area (Å²) in [5.74, 6) is -1.76. The zero-order chi connectivity index (χ0) is 27.9. The minimum Gasteiger partial charge on any atom is -0.410 e. The maximum Gasteiger partial charge on any atom is 0.419 e. The molecule has 2 saturated carbocycles. The highest BCUT2D eigenvalue weighted by molar-refractivity contribution is 6.11. The lowest BCUT2D eigenvalue weighted by atomic mass is 9.91. The zero-order valence-electron chi connectivity index (χ0n) is 21.9. The number of anilines is 2. The summed E-state index contributed by atoms with van der Waals surface area (Å²) in [4.78, 5) is 67.4. The van der Waals surface area contributed by atoms with Gasteiger partial charge < -0.3 is 14.5 Å². The van der Waals surface area contributed by atoms with Crippen LogP contribution in [0.5, 0.6) is 5.75 Å². The topological polar surface area (TPSA) is 116 Å². The van der Waals surface area contributed by atoms with Crippen molar-refractivity contribution in [2.24, 2.45) is 0 Å². The fourth-order valence-electron chi connectivity index (χ4n) is 6.33. The molecule has 1 unspecified atom stereocenters. The zero-order valence-corrected chi connectivity index (χ0v) is 21.9. The number of nitrogens with zero attached hydrogens (tertiary/aromatic N) is 3. The van der Waals surface area contributed by atoms with Gasteiger partial charge in [-0.1, -0.05) is 6.07 Å². The Bertz CT molecular complexity index is 1530. The maximum atomic E-state index is 15.4. The van der Waals surface area contributed by atoms with Gasteiger partial charge in [0.2, 0.25) is 17.7 Å². The molecule has 2 aromatic carbocycles. The number of hydrogen-bond acceptors (Lipinski definition) is 6. The van der Waals surface area contributed by atoms with Crippen molar-refractivity contribution in [2.45, 2.75) is 69.0 Å². The van der Waals surface area contributed by atoms with Crippen molar-refractivity contribution in [3.63, 3.8) is 0 Å². The summed E-state index contributed by atoms with van der Waals surface area (Å²) in [6, 6.07) is 6.93. The Morgan fingerprint density at radius 2 is 1.88 bits per heavy atom. The number of ether oxygens (including phenoxy) is 1. The molecular formula is C29H27FN4O6. The van der Waals surface area contributed by atoms with Gasteiger partial charge in [0.15, 0.2) is 0 Å². The average Bonchev–Trinajstić information content (AvgIpc) is 3.60. The van der Waals surface area contributed by atoms with Crippen LogP contribution in [0.15, 0.2) is 30.3 Å². The molecule has 3 fully saturated rings. The Hall–Kier alpha value is -4.28. The summed E-state index contributed by atoms with van der Waals surface area (Å²) in [7, 11) is 1.40. The number of hydrogen-bond donors (Lipinski definition) is 1. The van der Waals surface area contributed by atoms with E-state index in [9.17, 15) is 24.0 Å². The summed E-state index contributed by atoms with van der Waals surface area (Å²) in [6.45, 7) is 0.202. The first kappa shape index (κ1) is 24.7. The normalized spacial score (nSPS) is 22.7. The van der Waals surface area contributed by atoms with Crippen LogP contribution in [-0.2, 0) is 26.3 Å². The van der Waals surface area contributed by atoms with Crippen LogP contribution in [0.1, 0.15) is 66.4 Å². The fraction of sp³-hybridized carbons (Fsp3) is 0.414. The second-order valence-corrected chi connectivity index (χ2v) is 11.3. The lowest BCUT2D eigenvalue weighted by molar-refractivity contribution is -0.137. The highest BCUT2D eigenvalue weighted by atomic mass is 19.1. The van der Waals surface area contributed by atoms with Gasteiger partial charge in [-0.25, -0.2) is 9.18 Å². The number of carbonyl (C=O) groups excluding carboxylic acids is 5. The van der Waals surface area contributed by atoms with E-state index in [1.807, 2.05) is 0 Å². The number of piperidine rings is 1. The van der Waals surface area contributed by atoms with Crippen LogP contribution in [0.4, 0.5) is 20.6 Å². The van der Waals surface area contributed by atoms with Crippen LogP contribution < -0.4 is 19.9 Å². The van der Waals surface area contributed by atoms with E-state index >= 15 is 4.39 Å². The summed E-state index contributed by atoms with van der Waals surface area (Å²) in [5.41, 5.74) is 1.73. The summed E-state index contributed by atoms with van der Waals surface area (Å²) in [5, 5.41) is 2.27. The largest absolute Gasteiger partial charge is 0.419 e. The number of nitrogens with one attached hydrogen (secondary N) is 1. The van der Waals surface area contributed by atoms with Crippen molar-refractivity contribution < 1.29 is 33.1 Å². The van der Waals surface area contributed by atoms with Crippen LogP contribution in [0.25, 0.3) is 0 Å². The quantitative estimate of drug-likeness (QED) is 0.589. The Labute approximate surface area is 229 Å². The first-order valence-corrected chi connectivity index (χ1v) is 13.6. The predicted octanol–water partition coefficient (Wildman–Crippen LogP) is 3.15. The number of amides is 5. The van der Waals surface area contributed by atoms with Gasteiger partial charge in [-0.05, 0) is 67.9 Å². The Balaban J connectivity index is 1.10. The highest BCUT2D eigenvalue weighted by Crippen LogP contribution is 2.59. The van der Waals surface area contributed by atoms with Crippen molar-refractivity contribution in [1.29, 1.82) is 0 Å². The first-order valence-electron chi connectivity index (χ1n) is 13.6. The monoisotopic (exact) mass is 546 g/mol. The van der Waals surface area contributed by atoms with Gasteiger partial charge in [0.05, 0.1) is 16.8 Å². The molecule has 206 valence electrons. The van der Waals surface area contributed by atoms with Crippen molar-refractivity contribution in [3.8, 4) is 5.75 Å². The van der Waals surface area contributed by atoms with Crippen LogP contribution >= 0.6 is 0 Å². The van der Waals surface area contributed by atoms with Gasteiger partial charge in [-0.3, -0.25) is 29.4 Å². The third-order valence-corrected chi connectivity index (χ3v) is 9.00. The maximum absolute atomic E-state index is 15.4. The van der Waals surface area contributed by atoms with E-state index in [1.54, 1.807) is 23.1 Å². The van der Waals surface area contributed by atoms with Gasteiger partial charge >= 0.3 is 6.09 Å². The van der Waals surface area contributed by atoms with Crippen molar-refractivity contribution in [1.82, 2.24) is 10.2 Å². The van der Waals surface area contributed by atoms with Crippen molar-refractivity contribution >= 4 is 41.1 Å². The van der Waals surface area contributed by atoms with E-state index in [1.165, 1.54) is 24.1 Å². The molecule has 1 saturated heterocycles. The molecule has 1 N–H and O–H groups in total. The minimum absolute atomic E-state index is 0.0135. The molecule has 0 bridgehead atoms. The first-order chi connectivity index (χ1) is 19.2. The number of imide groups is 1. The molecule has 5 amide bonds. The second-order valence-electron chi connectivity index (χ2n) is 11.3. The van der Waals surface area contributed by atoms with E-state index in [-0.39, 0.29) is 48.7 Å². The predicted molar refractivity (Wildman–Crippen MR) is 139 cm³/mol. The van der Waals surface area contributed by atoms with Crippen LogP contribution in [0.2, 0.25) is 0 Å². The molecule has 5 aliphatic rings. The SMILES string of the molecule is CN(C(=O)Oc1ccc2c(c1)C(=O)N(C1CCC(=O)NC1=O)C2)c1cc2c(cc1F)N(C1CCC1)C(=O)C21CC1. The molecule has 1 atom stereocenters. The van der Waals surface area contributed by atoms with Crippen LogP contribution in [-0.4, -0.2) is 53.8 Å². The molecular weight excluding hydrogens is 519 g/mol. The molecule has 0 aromatic heterocycles. The standard InChI is InChI=1S/C29H27FN4O6/c1-32(23-12-19-22(13-20(23)30)34(16-3-2-4-16)27(38)29(19)9-10-29)28(39)40-17-6-5-15-14-33(26(37)18(15)11-17)21-7-8-24(35)31-25(21)36/h5-6,11-13,16,21H,2-4,7-10,14H2,1H3,(H,31,35,36). The Kier molecular flexibility index (Phi) is 5.32. The Morgan fingerprint density at radius 3 is 2.55 bits per heavy atom. The number of rotatable bonds is 4. The summed E-state index contributed by atoms with van der Waals surface area (Å²) < 4.78 is 20.9. The molecule has 1 spiro atoms. The van der Waals surface area contributed by atoms with Gasteiger partial charge in [-0.15, -0.1) is 0 Å².